The molecule has 1 fully saturated rings. The quantitative estimate of drug-likeness (QED) is 0.248. The van der Waals surface area contributed by atoms with E-state index < -0.39 is 23.4 Å². The molecule has 7 rings (SSSR count). The molecule has 0 aliphatic carbocycles. The van der Waals surface area contributed by atoms with E-state index in [9.17, 15) is 14.4 Å². The molecule has 3 aliphatic rings. The van der Waals surface area contributed by atoms with Gasteiger partial charge in [0, 0.05) is 33.1 Å². The maximum absolute atomic E-state index is 14.9. The molecule has 7 heteroatoms. The van der Waals surface area contributed by atoms with Gasteiger partial charge in [-0.15, -0.1) is 0 Å². The number of aryl methyl sites for hydroxylation is 1. The molecule has 0 aromatic heterocycles. The first-order valence-corrected chi connectivity index (χ1v) is 14.6. The van der Waals surface area contributed by atoms with Crippen molar-refractivity contribution in [3.63, 3.8) is 0 Å². The third-order valence-corrected chi connectivity index (χ3v) is 9.49. The van der Waals surface area contributed by atoms with E-state index in [2.05, 4.69) is 11.4 Å². The molecule has 208 valence electrons. The van der Waals surface area contributed by atoms with Crippen LogP contribution in [0.15, 0.2) is 97.1 Å². The molecule has 1 saturated heterocycles. The van der Waals surface area contributed by atoms with Gasteiger partial charge in [0.1, 0.15) is 11.5 Å². The van der Waals surface area contributed by atoms with Crippen LogP contribution in [0.5, 0.6) is 0 Å². The first-order chi connectivity index (χ1) is 20.2. The lowest BCUT2D eigenvalue weighted by Crippen LogP contribution is -2.51. The normalized spacial score (nSPS) is 23.6. The van der Waals surface area contributed by atoms with Crippen LogP contribution < -0.4 is 10.2 Å². The number of para-hydroxylation sites is 1. The third kappa shape index (κ3) is 3.67. The molecule has 4 atom stereocenters. The number of Topliss-reactive ketones (excluding diaryl/α,β-unsaturated/α-hetero) is 2. The molecular formula is C35H26Cl2N2O3. The van der Waals surface area contributed by atoms with Crippen LogP contribution in [-0.4, -0.2) is 29.6 Å². The number of amides is 1. The second-order valence-electron chi connectivity index (χ2n) is 11.2. The number of rotatable bonds is 4. The molecule has 0 saturated carbocycles. The molecular weight excluding hydrogens is 567 g/mol. The molecule has 1 spiro atoms. The number of carbonyl (C=O) groups excluding carboxylic acids is 3. The van der Waals surface area contributed by atoms with Gasteiger partial charge in [0.15, 0.2) is 11.6 Å². The second-order valence-corrected chi connectivity index (χ2v) is 12.1. The fourth-order valence-corrected chi connectivity index (χ4v) is 7.68. The van der Waals surface area contributed by atoms with Crippen LogP contribution in [0.3, 0.4) is 0 Å². The summed E-state index contributed by atoms with van der Waals surface area (Å²) in [4.78, 5) is 46.1. The van der Waals surface area contributed by atoms with E-state index in [-0.39, 0.29) is 28.1 Å². The SMILES string of the molecule is CC1=C[C@@H]2N(c3ccc(C)cc31)[C@H](C(=O)c1ccccc1)[C@@H](C(=O)c1ccc(Cl)cc1Cl)[C@]21C(=O)Nc2ccccc21. The maximum atomic E-state index is 14.9. The third-order valence-electron chi connectivity index (χ3n) is 8.94. The van der Waals surface area contributed by atoms with Gasteiger partial charge in [0.2, 0.25) is 5.91 Å². The Bertz CT molecular complexity index is 1850. The lowest BCUT2D eigenvalue weighted by molar-refractivity contribution is -0.121. The summed E-state index contributed by atoms with van der Waals surface area (Å²) in [6, 6.07) is 25.6. The number of hydrogen-bond donors (Lipinski definition) is 1. The van der Waals surface area contributed by atoms with Crippen molar-refractivity contribution in [1.29, 1.82) is 0 Å². The summed E-state index contributed by atoms with van der Waals surface area (Å²) in [7, 11) is 0. The Morgan fingerprint density at radius 3 is 2.36 bits per heavy atom. The monoisotopic (exact) mass is 592 g/mol. The van der Waals surface area contributed by atoms with Crippen molar-refractivity contribution < 1.29 is 14.4 Å². The van der Waals surface area contributed by atoms with Crippen molar-refractivity contribution in [3.05, 3.63) is 135 Å². The smallest absolute Gasteiger partial charge is 0.238 e. The zero-order valence-electron chi connectivity index (χ0n) is 22.9. The van der Waals surface area contributed by atoms with Crippen LogP contribution in [0.25, 0.3) is 5.57 Å². The predicted octanol–water partition coefficient (Wildman–Crippen LogP) is 7.55. The Morgan fingerprint density at radius 1 is 0.857 bits per heavy atom. The highest BCUT2D eigenvalue weighted by Crippen LogP contribution is 2.59. The van der Waals surface area contributed by atoms with Gasteiger partial charge in [0.05, 0.1) is 17.0 Å². The number of fused-ring (bicyclic) bond motifs is 6. The van der Waals surface area contributed by atoms with Crippen molar-refractivity contribution in [2.24, 2.45) is 5.92 Å². The standard InChI is InChI=1S/C35H26Cl2N2O3/c1-19-12-15-28-24(16-19)20(2)17-29-35(25-10-6-7-11-27(25)38-34(35)42)30(33(41)23-14-13-22(36)18-26(23)37)31(39(28)29)32(40)21-8-4-3-5-9-21/h3-18,29-31H,1-2H3,(H,38,42)/t29-,30-,31-,35+/m0/s1. The van der Waals surface area contributed by atoms with Crippen LogP contribution >= 0.6 is 23.2 Å². The number of benzene rings is 4. The molecule has 1 amide bonds. The molecule has 3 heterocycles. The average Bonchev–Trinajstić information content (AvgIpc) is 3.45. The first kappa shape index (κ1) is 26.7. The number of allylic oxidation sites excluding steroid dienone is 1. The summed E-state index contributed by atoms with van der Waals surface area (Å²) < 4.78 is 0. The molecule has 42 heavy (non-hydrogen) atoms. The van der Waals surface area contributed by atoms with E-state index in [0.29, 0.717) is 21.8 Å². The zero-order valence-corrected chi connectivity index (χ0v) is 24.4. The summed E-state index contributed by atoms with van der Waals surface area (Å²) in [5.41, 5.74) is 4.44. The Balaban J connectivity index is 1.57. The van der Waals surface area contributed by atoms with Crippen LogP contribution in [0, 0.1) is 12.8 Å². The van der Waals surface area contributed by atoms with Crippen LogP contribution in [0.4, 0.5) is 11.4 Å². The summed E-state index contributed by atoms with van der Waals surface area (Å²) in [5.74, 6) is -2.04. The molecule has 4 aromatic rings. The van der Waals surface area contributed by atoms with Gasteiger partial charge in [-0.1, -0.05) is 89.4 Å². The second kappa shape index (κ2) is 9.69. The Hall–Kier alpha value is -4.19. The van der Waals surface area contributed by atoms with Crippen LogP contribution in [-0.2, 0) is 10.2 Å². The highest BCUT2D eigenvalue weighted by molar-refractivity contribution is 6.37. The minimum absolute atomic E-state index is 0.174. The predicted molar refractivity (Wildman–Crippen MR) is 167 cm³/mol. The van der Waals surface area contributed by atoms with Crippen molar-refractivity contribution in [1.82, 2.24) is 0 Å². The van der Waals surface area contributed by atoms with E-state index in [1.165, 1.54) is 6.07 Å². The zero-order chi connectivity index (χ0) is 29.3. The van der Waals surface area contributed by atoms with Gasteiger partial charge in [-0.05, 0) is 61.4 Å². The van der Waals surface area contributed by atoms with Crippen molar-refractivity contribution in [3.8, 4) is 0 Å². The fraction of sp³-hybridized carbons (Fsp3) is 0.171. The first-order valence-electron chi connectivity index (χ1n) is 13.8. The van der Waals surface area contributed by atoms with E-state index in [0.717, 1.165) is 22.4 Å². The summed E-state index contributed by atoms with van der Waals surface area (Å²) >= 11 is 12.8. The topological polar surface area (TPSA) is 66.5 Å². The van der Waals surface area contributed by atoms with Crippen LogP contribution in [0.2, 0.25) is 10.0 Å². The Morgan fingerprint density at radius 2 is 1.60 bits per heavy atom. The number of hydrogen-bond acceptors (Lipinski definition) is 4. The molecule has 1 N–H and O–H groups in total. The lowest BCUT2D eigenvalue weighted by atomic mass is 9.64. The van der Waals surface area contributed by atoms with Gasteiger partial charge in [-0.25, -0.2) is 0 Å². The van der Waals surface area contributed by atoms with E-state index in [4.69, 9.17) is 23.2 Å². The maximum Gasteiger partial charge on any atom is 0.238 e. The molecule has 3 aliphatic heterocycles. The number of halogens is 2. The van der Waals surface area contributed by atoms with Crippen molar-refractivity contribution in [2.45, 2.75) is 31.3 Å². The minimum atomic E-state index is -1.41. The molecule has 0 radical (unpaired) electrons. The largest absolute Gasteiger partial charge is 0.352 e. The highest BCUT2D eigenvalue weighted by Gasteiger charge is 2.70. The van der Waals surface area contributed by atoms with Crippen molar-refractivity contribution >= 4 is 57.6 Å². The highest BCUT2D eigenvalue weighted by atomic mass is 35.5. The summed E-state index contributed by atoms with van der Waals surface area (Å²) in [5, 5.41) is 3.62. The Labute approximate surface area is 253 Å². The van der Waals surface area contributed by atoms with Gasteiger partial charge < -0.3 is 10.2 Å². The van der Waals surface area contributed by atoms with E-state index in [1.807, 2.05) is 67.3 Å². The number of nitrogens with zero attached hydrogens (tertiary/aromatic N) is 1. The van der Waals surface area contributed by atoms with Gasteiger partial charge in [-0.3, -0.25) is 14.4 Å². The average molecular weight is 594 g/mol. The molecule has 0 bridgehead atoms. The van der Waals surface area contributed by atoms with Gasteiger partial charge in [0.25, 0.3) is 0 Å². The number of nitrogens with one attached hydrogen (secondary N) is 1. The van der Waals surface area contributed by atoms with Gasteiger partial charge in [-0.2, -0.15) is 0 Å². The molecule has 0 unspecified atom stereocenters. The number of anilines is 2. The van der Waals surface area contributed by atoms with E-state index in [1.54, 1.807) is 36.4 Å². The molecule has 5 nitrogen and oxygen atoms in total. The van der Waals surface area contributed by atoms with Crippen LogP contribution in [0.1, 0.15) is 44.3 Å². The van der Waals surface area contributed by atoms with Gasteiger partial charge >= 0.3 is 0 Å². The summed E-state index contributed by atoms with van der Waals surface area (Å²) in [6.07, 6.45) is 2.05. The minimum Gasteiger partial charge on any atom is -0.352 e. The molecule has 4 aromatic carbocycles. The fourth-order valence-electron chi connectivity index (χ4n) is 7.18. The lowest BCUT2D eigenvalue weighted by Gasteiger charge is -2.39. The Kier molecular flexibility index (Phi) is 6.16. The van der Waals surface area contributed by atoms with Crippen molar-refractivity contribution in [2.75, 3.05) is 10.2 Å². The van der Waals surface area contributed by atoms with E-state index >= 15 is 0 Å². The number of ketones is 2. The summed E-state index contributed by atoms with van der Waals surface area (Å²) in [6.45, 7) is 4.04. The number of carbonyl (C=O) groups is 3.